The van der Waals surface area contributed by atoms with Crippen LogP contribution < -0.4 is 5.32 Å². The van der Waals surface area contributed by atoms with Gasteiger partial charge in [-0.05, 0) is 33.6 Å². The molecule has 1 aliphatic heterocycles. The Bertz CT molecular complexity index is 351. The number of nitrogens with zero attached hydrogens (tertiary/aromatic N) is 1. The third-order valence-corrected chi connectivity index (χ3v) is 3.80. The maximum atomic E-state index is 12.4. The molecular formula is C15H28N2O3. The molecule has 5 nitrogen and oxygen atoms in total. The second kappa shape index (κ2) is 7.18. The van der Waals surface area contributed by atoms with E-state index in [0.717, 1.165) is 12.8 Å². The van der Waals surface area contributed by atoms with Crippen LogP contribution in [0.3, 0.4) is 0 Å². The molecule has 20 heavy (non-hydrogen) atoms. The van der Waals surface area contributed by atoms with Gasteiger partial charge in [0.1, 0.15) is 0 Å². The van der Waals surface area contributed by atoms with Crippen molar-refractivity contribution >= 4 is 11.8 Å². The number of nitrogens with one attached hydrogen (secondary N) is 1. The van der Waals surface area contributed by atoms with Gasteiger partial charge in [0.05, 0.1) is 18.1 Å². The van der Waals surface area contributed by atoms with Crippen molar-refractivity contribution in [3.63, 3.8) is 0 Å². The zero-order valence-corrected chi connectivity index (χ0v) is 13.4. The molecule has 0 saturated carbocycles. The molecule has 0 aliphatic carbocycles. The number of hydrogen-bond donors (Lipinski definition) is 1. The normalized spacial score (nSPS) is 20.3. The maximum absolute atomic E-state index is 12.4. The van der Waals surface area contributed by atoms with Crippen LogP contribution in [0.1, 0.15) is 53.9 Å². The number of hydrogen-bond acceptors (Lipinski definition) is 4. The lowest BCUT2D eigenvalue weighted by Gasteiger charge is -2.27. The molecule has 1 aliphatic rings. The van der Waals surface area contributed by atoms with Crippen molar-refractivity contribution in [1.29, 1.82) is 0 Å². The van der Waals surface area contributed by atoms with Crippen molar-refractivity contribution in [1.82, 2.24) is 10.2 Å². The molecule has 0 aromatic heterocycles. The van der Waals surface area contributed by atoms with Crippen molar-refractivity contribution in [2.24, 2.45) is 0 Å². The largest absolute Gasteiger partial charge is 0.375 e. The Labute approximate surface area is 122 Å². The smallest absolute Gasteiger partial charge is 0.247 e. The van der Waals surface area contributed by atoms with E-state index in [2.05, 4.69) is 5.32 Å². The molecule has 1 N–H and O–H groups in total. The fraction of sp³-hybridized carbons (Fsp3) is 0.867. The molecule has 0 radical (unpaired) electrons. The highest BCUT2D eigenvalue weighted by molar-refractivity contribution is 6.05. The van der Waals surface area contributed by atoms with E-state index < -0.39 is 6.04 Å². The van der Waals surface area contributed by atoms with E-state index >= 15 is 0 Å². The predicted octanol–water partition coefficient (Wildman–Crippen LogP) is 1.71. The van der Waals surface area contributed by atoms with Crippen LogP contribution in [-0.4, -0.2) is 47.6 Å². The van der Waals surface area contributed by atoms with Crippen LogP contribution in [-0.2, 0) is 14.3 Å². The molecule has 116 valence electrons. The Kier molecular flexibility index (Phi) is 6.14. The fourth-order valence-corrected chi connectivity index (χ4v) is 2.66. The number of carbonyl (C=O) groups is 2. The SMILES string of the molecule is CCOC(C)(C)CNC1CC(=O)N(C(CC)CC)C1=O. The molecular weight excluding hydrogens is 256 g/mol. The lowest BCUT2D eigenvalue weighted by atomic mass is 10.1. The molecule has 0 bridgehead atoms. The van der Waals surface area contributed by atoms with Crippen LogP contribution in [0.4, 0.5) is 0 Å². The molecule has 1 heterocycles. The first-order chi connectivity index (χ1) is 9.36. The molecule has 2 amide bonds. The van der Waals surface area contributed by atoms with E-state index in [-0.39, 0.29) is 29.9 Å². The molecule has 1 fully saturated rings. The third-order valence-electron chi connectivity index (χ3n) is 3.80. The molecule has 1 unspecified atom stereocenters. The van der Waals surface area contributed by atoms with E-state index in [1.807, 2.05) is 34.6 Å². The average molecular weight is 284 g/mol. The van der Waals surface area contributed by atoms with E-state index in [9.17, 15) is 9.59 Å². The van der Waals surface area contributed by atoms with Gasteiger partial charge in [-0.2, -0.15) is 0 Å². The van der Waals surface area contributed by atoms with Gasteiger partial charge in [0.15, 0.2) is 0 Å². The summed E-state index contributed by atoms with van der Waals surface area (Å²) in [7, 11) is 0. The molecule has 1 atom stereocenters. The molecule has 0 spiro atoms. The Morgan fingerprint density at radius 1 is 1.30 bits per heavy atom. The Balaban J connectivity index is 2.62. The highest BCUT2D eigenvalue weighted by Crippen LogP contribution is 2.20. The van der Waals surface area contributed by atoms with Gasteiger partial charge in [0.2, 0.25) is 11.8 Å². The lowest BCUT2D eigenvalue weighted by Crippen LogP contribution is -2.47. The van der Waals surface area contributed by atoms with Crippen LogP contribution >= 0.6 is 0 Å². The number of ether oxygens (including phenoxy) is 1. The Morgan fingerprint density at radius 3 is 2.40 bits per heavy atom. The number of rotatable bonds is 8. The fourth-order valence-electron chi connectivity index (χ4n) is 2.66. The second-order valence-corrected chi connectivity index (χ2v) is 5.90. The number of amides is 2. The highest BCUT2D eigenvalue weighted by atomic mass is 16.5. The van der Waals surface area contributed by atoms with E-state index in [0.29, 0.717) is 13.2 Å². The van der Waals surface area contributed by atoms with Gasteiger partial charge in [-0.15, -0.1) is 0 Å². The summed E-state index contributed by atoms with van der Waals surface area (Å²) in [6, 6.07) is -0.371. The zero-order chi connectivity index (χ0) is 15.3. The van der Waals surface area contributed by atoms with Crippen molar-refractivity contribution in [3.8, 4) is 0 Å². The van der Waals surface area contributed by atoms with Gasteiger partial charge in [0, 0.05) is 19.2 Å². The third kappa shape index (κ3) is 4.03. The van der Waals surface area contributed by atoms with Crippen LogP contribution in [0, 0.1) is 0 Å². The minimum atomic E-state index is -0.400. The second-order valence-electron chi connectivity index (χ2n) is 5.90. The minimum Gasteiger partial charge on any atom is -0.375 e. The summed E-state index contributed by atoms with van der Waals surface area (Å²) in [6.45, 7) is 11.1. The molecule has 0 aromatic rings. The number of imide groups is 1. The molecule has 5 heteroatoms. The maximum Gasteiger partial charge on any atom is 0.247 e. The van der Waals surface area contributed by atoms with Crippen molar-refractivity contribution < 1.29 is 14.3 Å². The first-order valence-corrected chi connectivity index (χ1v) is 7.59. The summed E-state index contributed by atoms with van der Waals surface area (Å²) in [5.41, 5.74) is -0.333. The standard InChI is InChI=1S/C15H28N2O3/c1-6-11(7-2)17-13(18)9-12(14(17)19)16-10-15(4,5)20-8-3/h11-12,16H,6-10H2,1-5H3. The topological polar surface area (TPSA) is 58.6 Å². The number of carbonyl (C=O) groups excluding carboxylic acids is 2. The predicted molar refractivity (Wildman–Crippen MR) is 78.3 cm³/mol. The lowest BCUT2D eigenvalue weighted by molar-refractivity contribution is -0.141. The van der Waals surface area contributed by atoms with Gasteiger partial charge < -0.3 is 10.1 Å². The Hall–Kier alpha value is -0.940. The van der Waals surface area contributed by atoms with E-state index in [4.69, 9.17) is 4.74 Å². The van der Waals surface area contributed by atoms with Crippen LogP contribution in [0.2, 0.25) is 0 Å². The molecule has 0 aromatic carbocycles. The summed E-state index contributed by atoms with van der Waals surface area (Å²) in [4.78, 5) is 25.8. The van der Waals surface area contributed by atoms with Gasteiger partial charge in [0.25, 0.3) is 0 Å². The first kappa shape index (κ1) is 17.1. The first-order valence-electron chi connectivity index (χ1n) is 7.59. The summed E-state index contributed by atoms with van der Waals surface area (Å²) in [5.74, 6) is -0.147. The minimum absolute atomic E-state index is 0.0294. The van der Waals surface area contributed by atoms with Gasteiger partial charge in [-0.1, -0.05) is 13.8 Å². The van der Waals surface area contributed by atoms with Gasteiger partial charge in [-0.25, -0.2) is 0 Å². The average Bonchev–Trinajstić information content (AvgIpc) is 2.66. The van der Waals surface area contributed by atoms with E-state index in [1.165, 1.54) is 4.90 Å². The monoisotopic (exact) mass is 284 g/mol. The zero-order valence-electron chi connectivity index (χ0n) is 13.4. The molecule has 1 saturated heterocycles. The van der Waals surface area contributed by atoms with Crippen molar-refractivity contribution in [3.05, 3.63) is 0 Å². The van der Waals surface area contributed by atoms with E-state index in [1.54, 1.807) is 0 Å². The van der Waals surface area contributed by atoms with Crippen LogP contribution in [0.15, 0.2) is 0 Å². The Morgan fingerprint density at radius 2 is 1.90 bits per heavy atom. The summed E-state index contributed by atoms with van der Waals surface area (Å²) in [6.07, 6.45) is 1.88. The van der Waals surface area contributed by atoms with Crippen LogP contribution in [0.5, 0.6) is 0 Å². The van der Waals surface area contributed by atoms with Gasteiger partial charge >= 0.3 is 0 Å². The van der Waals surface area contributed by atoms with Crippen molar-refractivity contribution in [2.75, 3.05) is 13.2 Å². The summed E-state index contributed by atoms with van der Waals surface area (Å²) >= 11 is 0. The van der Waals surface area contributed by atoms with Crippen molar-refractivity contribution in [2.45, 2.75) is 71.6 Å². The summed E-state index contributed by atoms with van der Waals surface area (Å²) < 4.78 is 5.60. The van der Waals surface area contributed by atoms with Gasteiger partial charge in [-0.3, -0.25) is 14.5 Å². The van der Waals surface area contributed by atoms with Crippen LogP contribution in [0.25, 0.3) is 0 Å². The number of likely N-dealkylation sites (tertiary alicyclic amines) is 1. The highest BCUT2D eigenvalue weighted by Gasteiger charge is 2.41. The quantitative estimate of drug-likeness (QED) is 0.689. The summed E-state index contributed by atoms with van der Waals surface area (Å²) in [5, 5.41) is 3.18. The molecule has 1 rings (SSSR count).